The van der Waals surface area contributed by atoms with Gasteiger partial charge in [0.05, 0.1) is 13.2 Å². The highest BCUT2D eigenvalue weighted by Gasteiger charge is 2.40. The third-order valence-electron chi connectivity index (χ3n) is 3.96. The molecule has 0 bridgehead atoms. The Bertz CT molecular complexity index is 232. The molecule has 0 aromatic heterocycles. The number of hydrogen-bond donors (Lipinski definition) is 1. The van der Waals surface area contributed by atoms with Gasteiger partial charge in [0.2, 0.25) is 0 Å². The number of likely N-dealkylation sites (N-methyl/N-ethyl adjacent to an activating group) is 1. The molecule has 1 N–H and O–H groups in total. The zero-order chi connectivity index (χ0) is 13.8. The van der Waals surface area contributed by atoms with E-state index in [4.69, 9.17) is 4.74 Å². The first-order valence-corrected chi connectivity index (χ1v) is 7.01. The molecule has 0 spiro atoms. The second-order valence-corrected chi connectivity index (χ2v) is 6.71. The lowest BCUT2D eigenvalue weighted by atomic mass is 9.82. The van der Waals surface area contributed by atoms with Crippen LogP contribution < -0.4 is 0 Å². The monoisotopic (exact) mass is 258 g/mol. The number of hydroxylamine groups is 2. The normalized spacial score (nSPS) is 28.3. The Morgan fingerprint density at radius 3 is 1.67 bits per heavy atom. The van der Waals surface area contributed by atoms with E-state index >= 15 is 0 Å². The zero-order valence-electron chi connectivity index (χ0n) is 12.7. The largest absolute Gasteiger partial charge is 0.379 e. The lowest BCUT2D eigenvalue weighted by molar-refractivity contribution is -0.241. The molecule has 4 heteroatoms. The number of piperidine rings is 1. The molecule has 2 heterocycles. The highest BCUT2D eigenvalue weighted by atomic mass is 16.5. The molecule has 2 saturated heterocycles. The van der Waals surface area contributed by atoms with Crippen LogP contribution in [0.2, 0.25) is 0 Å². The summed E-state index contributed by atoms with van der Waals surface area (Å²) in [7, 11) is 2.11. The van der Waals surface area contributed by atoms with Crippen LogP contribution in [-0.2, 0) is 4.74 Å². The van der Waals surface area contributed by atoms with Crippen LogP contribution in [0, 0.1) is 0 Å². The molecular weight excluding hydrogens is 228 g/mol. The second-order valence-electron chi connectivity index (χ2n) is 6.71. The third-order valence-corrected chi connectivity index (χ3v) is 3.96. The summed E-state index contributed by atoms with van der Waals surface area (Å²) in [6.45, 7) is 12.4. The van der Waals surface area contributed by atoms with Gasteiger partial charge in [-0.1, -0.05) is 0 Å². The molecular formula is C14H30N2O2. The molecule has 0 aromatic carbocycles. The molecule has 0 atom stereocenters. The molecule has 2 rings (SSSR count). The third kappa shape index (κ3) is 4.50. The maximum absolute atomic E-state index is 9.80. The minimum atomic E-state index is -0.0399. The van der Waals surface area contributed by atoms with Crippen molar-refractivity contribution in [2.24, 2.45) is 0 Å². The lowest BCUT2D eigenvalue weighted by Gasteiger charge is -2.48. The van der Waals surface area contributed by atoms with Gasteiger partial charge >= 0.3 is 0 Å². The summed E-state index contributed by atoms with van der Waals surface area (Å²) >= 11 is 0. The van der Waals surface area contributed by atoms with Crippen LogP contribution >= 0.6 is 0 Å². The van der Waals surface area contributed by atoms with Crippen molar-refractivity contribution in [3.8, 4) is 0 Å². The Balaban J connectivity index is 0.000000199. The predicted octanol–water partition coefficient (Wildman–Crippen LogP) is 2.37. The topological polar surface area (TPSA) is 35.9 Å². The van der Waals surface area contributed by atoms with Gasteiger partial charge in [0.15, 0.2) is 0 Å². The van der Waals surface area contributed by atoms with Crippen LogP contribution in [0.15, 0.2) is 0 Å². The van der Waals surface area contributed by atoms with Crippen molar-refractivity contribution in [3.05, 3.63) is 0 Å². The Hall–Kier alpha value is -0.160. The molecule has 2 aliphatic rings. The SMILES string of the molecule is CC1(C)CCCC(C)(C)N1O.CN1CCOCC1. The number of rotatable bonds is 0. The van der Waals surface area contributed by atoms with Crippen molar-refractivity contribution in [2.75, 3.05) is 33.4 Å². The summed E-state index contributed by atoms with van der Waals surface area (Å²) in [6.07, 6.45) is 3.40. The first kappa shape index (κ1) is 15.9. The van der Waals surface area contributed by atoms with E-state index in [1.165, 1.54) is 11.5 Å². The fourth-order valence-corrected chi connectivity index (χ4v) is 2.64. The van der Waals surface area contributed by atoms with E-state index < -0.39 is 0 Å². The molecule has 2 aliphatic heterocycles. The van der Waals surface area contributed by atoms with Crippen LogP contribution in [0.3, 0.4) is 0 Å². The van der Waals surface area contributed by atoms with Crippen LogP contribution in [0.1, 0.15) is 47.0 Å². The van der Waals surface area contributed by atoms with Crippen LogP contribution in [0.4, 0.5) is 0 Å². The Morgan fingerprint density at radius 1 is 0.944 bits per heavy atom. The molecule has 0 amide bonds. The van der Waals surface area contributed by atoms with Gasteiger partial charge in [0.25, 0.3) is 0 Å². The van der Waals surface area contributed by atoms with E-state index in [0.717, 1.165) is 39.1 Å². The van der Waals surface area contributed by atoms with Crippen molar-refractivity contribution in [2.45, 2.75) is 58.0 Å². The van der Waals surface area contributed by atoms with Crippen molar-refractivity contribution >= 4 is 0 Å². The van der Waals surface area contributed by atoms with Crippen molar-refractivity contribution in [1.29, 1.82) is 0 Å². The van der Waals surface area contributed by atoms with Crippen LogP contribution in [-0.4, -0.2) is 59.6 Å². The van der Waals surface area contributed by atoms with E-state index in [-0.39, 0.29) is 11.1 Å². The first-order chi connectivity index (χ1) is 8.26. The first-order valence-electron chi connectivity index (χ1n) is 7.01. The Kier molecular flexibility index (Phi) is 5.59. The molecule has 108 valence electrons. The van der Waals surface area contributed by atoms with Gasteiger partial charge in [-0.3, -0.25) is 0 Å². The molecule has 0 aliphatic carbocycles. The van der Waals surface area contributed by atoms with Gasteiger partial charge in [-0.05, 0) is 54.0 Å². The standard InChI is InChI=1S/C9H19NO.C5H11NO/c1-8(2)6-5-7-9(3,4)10(8)11;1-6-2-4-7-5-3-6/h11H,5-7H2,1-4H3;2-5H2,1H3. The Labute approximate surface area is 112 Å². The summed E-state index contributed by atoms with van der Waals surface area (Å²) in [6, 6.07) is 0. The fourth-order valence-electron chi connectivity index (χ4n) is 2.64. The van der Waals surface area contributed by atoms with Crippen LogP contribution in [0.5, 0.6) is 0 Å². The molecule has 18 heavy (non-hydrogen) atoms. The van der Waals surface area contributed by atoms with E-state index in [1.807, 2.05) is 0 Å². The minimum absolute atomic E-state index is 0.0399. The van der Waals surface area contributed by atoms with Gasteiger partial charge in [0.1, 0.15) is 0 Å². The van der Waals surface area contributed by atoms with Gasteiger partial charge in [0, 0.05) is 24.2 Å². The second kappa shape index (κ2) is 6.33. The number of hydrogen-bond acceptors (Lipinski definition) is 4. The number of nitrogens with zero attached hydrogens (tertiary/aromatic N) is 2. The van der Waals surface area contributed by atoms with E-state index in [9.17, 15) is 5.21 Å². The predicted molar refractivity (Wildman–Crippen MR) is 74.0 cm³/mol. The van der Waals surface area contributed by atoms with Crippen molar-refractivity contribution in [1.82, 2.24) is 9.96 Å². The number of ether oxygens (including phenoxy) is 1. The summed E-state index contributed by atoms with van der Waals surface area (Å²) in [5, 5.41) is 11.3. The smallest absolute Gasteiger partial charge is 0.0594 e. The summed E-state index contributed by atoms with van der Waals surface area (Å²) in [5.41, 5.74) is -0.0799. The van der Waals surface area contributed by atoms with Gasteiger partial charge < -0.3 is 14.8 Å². The Morgan fingerprint density at radius 2 is 1.39 bits per heavy atom. The van der Waals surface area contributed by atoms with Gasteiger partial charge in [-0.15, -0.1) is 0 Å². The van der Waals surface area contributed by atoms with Crippen molar-refractivity contribution < 1.29 is 9.94 Å². The van der Waals surface area contributed by atoms with Crippen molar-refractivity contribution in [3.63, 3.8) is 0 Å². The highest BCUT2D eigenvalue weighted by molar-refractivity contribution is 4.91. The molecule has 4 nitrogen and oxygen atoms in total. The fraction of sp³-hybridized carbons (Fsp3) is 1.00. The maximum Gasteiger partial charge on any atom is 0.0594 e. The summed E-state index contributed by atoms with van der Waals surface area (Å²) < 4.78 is 5.10. The summed E-state index contributed by atoms with van der Waals surface area (Å²) in [4.78, 5) is 2.27. The minimum Gasteiger partial charge on any atom is -0.379 e. The average molecular weight is 258 g/mol. The molecule has 0 aromatic rings. The zero-order valence-corrected chi connectivity index (χ0v) is 12.7. The summed E-state index contributed by atoms with van der Waals surface area (Å²) in [5.74, 6) is 0. The van der Waals surface area contributed by atoms with E-state index in [0.29, 0.717) is 0 Å². The molecule has 0 unspecified atom stereocenters. The van der Waals surface area contributed by atoms with Gasteiger partial charge in [-0.2, -0.15) is 5.06 Å². The van der Waals surface area contributed by atoms with Gasteiger partial charge in [-0.25, -0.2) is 0 Å². The average Bonchev–Trinajstić information content (AvgIpc) is 2.27. The lowest BCUT2D eigenvalue weighted by Crippen LogP contribution is -2.56. The molecule has 0 saturated carbocycles. The van der Waals surface area contributed by atoms with E-state index in [2.05, 4.69) is 39.6 Å². The quantitative estimate of drug-likeness (QED) is 0.723. The number of morpholine rings is 1. The highest BCUT2D eigenvalue weighted by Crippen LogP contribution is 2.35. The van der Waals surface area contributed by atoms with E-state index in [1.54, 1.807) is 0 Å². The molecule has 2 fully saturated rings. The molecule has 0 radical (unpaired) electrons. The van der Waals surface area contributed by atoms with Crippen LogP contribution in [0.25, 0.3) is 0 Å². The maximum atomic E-state index is 9.80.